The monoisotopic (exact) mass is 196 g/mol. The standard InChI is InChI=1S/C11H20N2O/c1-5-8(3)11(14)10-7-9(6-2)12-13(10)4/h7-8,11,14H,5-6H2,1-4H3. The number of hydrogen-bond acceptors (Lipinski definition) is 2. The van der Waals surface area contributed by atoms with Crippen molar-refractivity contribution in [1.29, 1.82) is 0 Å². The summed E-state index contributed by atoms with van der Waals surface area (Å²) < 4.78 is 1.79. The van der Waals surface area contributed by atoms with Gasteiger partial charge in [-0.25, -0.2) is 0 Å². The summed E-state index contributed by atoms with van der Waals surface area (Å²) in [6.45, 7) is 6.22. The molecule has 14 heavy (non-hydrogen) atoms. The third kappa shape index (κ3) is 2.15. The Bertz CT molecular complexity index is 293. The van der Waals surface area contributed by atoms with Crippen molar-refractivity contribution in [3.8, 4) is 0 Å². The topological polar surface area (TPSA) is 38.0 Å². The maximum absolute atomic E-state index is 10.0. The molecular weight excluding hydrogens is 176 g/mol. The fourth-order valence-electron chi connectivity index (χ4n) is 1.51. The minimum absolute atomic E-state index is 0.287. The van der Waals surface area contributed by atoms with E-state index < -0.39 is 6.10 Å². The quantitative estimate of drug-likeness (QED) is 0.800. The fraction of sp³-hybridized carbons (Fsp3) is 0.727. The van der Waals surface area contributed by atoms with E-state index in [-0.39, 0.29) is 5.92 Å². The molecule has 0 spiro atoms. The van der Waals surface area contributed by atoms with Gasteiger partial charge in [-0.3, -0.25) is 4.68 Å². The summed E-state index contributed by atoms with van der Waals surface area (Å²) in [6, 6.07) is 2.00. The molecular formula is C11H20N2O. The predicted octanol–water partition coefficient (Wildman–Crippen LogP) is 2.06. The molecule has 2 unspecified atom stereocenters. The number of nitrogens with zero attached hydrogens (tertiary/aromatic N) is 2. The molecule has 1 N–H and O–H groups in total. The first-order valence-electron chi connectivity index (χ1n) is 5.31. The van der Waals surface area contributed by atoms with Gasteiger partial charge in [-0.2, -0.15) is 5.10 Å². The van der Waals surface area contributed by atoms with Crippen molar-refractivity contribution in [3.63, 3.8) is 0 Å². The van der Waals surface area contributed by atoms with E-state index in [1.54, 1.807) is 4.68 Å². The Morgan fingerprint density at radius 1 is 1.50 bits per heavy atom. The number of aliphatic hydroxyl groups excluding tert-OH is 1. The van der Waals surface area contributed by atoms with Crippen molar-refractivity contribution < 1.29 is 5.11 Å². The van der Waals surface area contributed by atoms with Crippen LogP contribution in [0.1, 0.15) is 44.7 Å². The molecule has 2 atom stereocenters. The van der Waals surface area contributed by atoms with E-state index in [0.717, 1.165) is 24.2 Å². The summed E-state index contributed by atoms with van der Waals surface area (Å²) in [5, 5.41) is 14.3. The molecule has 1 aromatic rings. The zero-order chi connectivity index (χ0) is 10.7. The van der Waals surface area contributed by atoms with Crippen LogP contribution in [0.3, 0.4) is 0 Å². The Hall–Kier alpha value is -0.830. The molecule has 0 aliphatic rings. The molecule has 1 rings (SSSR count). The minimum atomic E-state index is -0.391. The molecule has 80 valence electrons. The minimum Gasteiger partial charge on any atom is -0.387 e. The van der Waals surface area contributed by atoms with Crippen LogP contribution < -0.4 is 0 Å². The van der Waals surface area contributed by atoms with Crippen molar-refractivity contribution in [1.82, 2.24) is 9.78 Å². The highest BCUT2D eigenvalue weighted by molar-refractivity contribution is 5.13. The lowest BCUT2D eigenvalue weighted by molar-refractivity contribution is 0.107. The second-order valence-electron chi connectivity index (χ2n) is 3.87. The van der Waals surface area contributed by atoms with E-state index in [2.05, 4.69) is 25.9 Å². The number of rotatable bonds is 4. The van der Waals surface area contributed by atoms with Gasteiger partial charge in [0.25, 0.3) is 0 Å². The Morgan fingerprint density at radius 2 is 2.14 bits per heavy atom. The Balaban J connectivity index is 2.88. The molecule has 0 saturated heterocycles. The zero-order valence-electron chi connectivity index (χ0n) is 9.49. The molecule has 0 aliphatic carbocycles. The molecule has 0 saturated carbocycles. The number of hydrogen-bond donors (Lipinski definition) is 1. The second kappa shape index (κ2) is 4.60. The summed E-state index contributed by atoms with van der Waals surface area (Å²) in [5.41, 5.74) is 1.97. The van der Waals surface area contributed by atoms with Gasteiger partial charge in [-0.1, -0.05) is 27.2 Å². The Kier molecular flexibility index (Phi) is 3.69. The van der Waals surface area contributed by atoms with Crippen molar-refractivity contribution >= 4 is 0 Å². The van der Waals surface area contributed by atoms with Gasteiger partial charge in [0.15, 0.2) is 0 Å². The SMILES string of the molecule is CCc1cc(C(O)C(C)CC)n(C)n1. The van der Waals surface area contributed by atoms with Gasteiger partial charge < -0.3 is 5.11 Å². The van der Waals surface area contributed by atoms with Crippen molar-refractivity contribution in [2.45, 2.75) is 39.7 Å². The molecule has 0 aliphatic heterocycles. The van der Waals surface area contributed by atoms with Crippen molar-refractivity contribution in [2.24, 2.45) is 13.0 Å². The van der Waals surface area contributed by atoms with Gasteiger partial charge in [0.05, 0.1) is 17.5 Å². The van der Waals surface area contributed by atoms with Gasteiger partial charge >= 0.3 is 0 Å². The average molecular weight is 196 g/mol. The lowest BCUT2D eigenvalue weighted by atomic mass is 9.99. The average Bonchev–Trinajstić information content (AvgIpc) is 2.57. The number of aromatic nitrogens is 2. The third-order valence-corrected chi connectivity index (χ3v) is 2.81. The van der Waals surface area contributed by atoms with Crippen molar-refractivity contribution in [2.75, 3.05) is 0 Å². The van der Waals surface area contributed by atoms with Crippen LogP contribution in [0.2, 0.25) is 0 Å². The van der Waals surface area contributed by atoms with Gasteiger partial charge in [0, 0.05) is 7.05 Å². The highest BCUT2D eigenvalue weighted by Crippen LogP contribution is 2.24. The Labute approximate surface area is 85.8 Å². The molecule has 1 aromatic heterocycles. The van der Waals surface area contributed by atoms with Crippen LogP contribution >= 0.6 is 0 Å². The van der Waals surface area contributed by atoms with Crippen molar-refractivity contribution in [3.05, 3.63) is 17.5 Å². The first-order valence-corrected chi connectivity index (χ1v) is 5.31. The lowest BCUT2D eigenvalue weighted by Gasteiger charge is -2.16. The van der Waals surface area contributed by atoms with Gasteiger partial charge in [0.2, 0.25) is 0 Å². The highest BCUT2D eigenvalue weighted by atomic mass is 16.3. The molecule has 0 aromatic carbocycles. The van der Waals surface area contributed by atoms with Crippen LogP contribution in [0.25, 0.3) is 0 Å². The van der Waals surface area contributed by atoms with Crippen LogP contribution in [0.4, 0.5) is 0 Å². The molecule has 3 heteroatoms. The van der Waals surface area contributed by atoms with Crippen LogP contribution in [-0.4, -0.2) is 14.9 Å². The molecule has 0 fully saturated rings. The van der Waals surface area contributed by atoms with Gasteiger partial charge in [0.1, 0.15) is 0 Å². The summed E-state index contributed by atoms with van der Waals surface area (Å²) in [7, 11) is 1.89. The Morgan fingerprint density at radius 3 is 2.57 bits per heavy atom. The van der Waals surface area contributed by atoms with E-state index in [1.165, 1.54) is 0 Å². The second-order valence-corrected chi connectivity index (χ2v) is 3.87. The van der Waals surface area contributed by atoms with Crippen LogP contribution in [0.15, 0.2) is 6.07 Å². The fourth-order valence-corrected chi connectivity index (χ4v) is 1.51. The van der Waals surface area contributed by atoms with Crippen LogP contribution in [0, 0.1) is 5.92 Å². The summed E-state index contributed by atoms with van der Waals surface area (Å²) in [4.78, 5) is 0. The lowest BCUT2D eigenvalue weighted by Crippen LogP contribution is -2.12. The van der Waals surface area contributed by atoms with E-state index in [1.807, 2.05) is 13.1 Å². The normalized spacial score (nSPS) is 15.5. The molecule has 0 amide bonds. The number of aliphatic hydroxyl groups is 1. The summed E-state index contributed by atoms with van der Waals surface area (Å²) in [6.07, 6.45) is 1.51. The number of aryl methyl sites for hydroxylation is 2. The highest BCUT2D eigenvalue weighted by Gasteiger charge is 2.18. The summed E-state index contributed by atoms with van der Waals surface area (Å²) in [5.74, 6) is 0.287. The zero-order valence-corrected chi connectivity index (χ0v) is 9.49. The first-order chi connectivity index (χ1) is 6.60. The summed E-state index contributed by atoms with van der Waals surface area (Å²) >= 11 is 0. The first kappa shape index (κ1) is 11.2. The maximum atomic E-state index is 10.0. The van der Waals surface area contributed by atoms with E-state index in [4.69, 9.17) is 0 Å². The third-order valence-electron chi connectivity index (χ3n) is 2.81. The van der Waals surface area contributed by atoms with Gasteiger partial charge in [-0.15, -0.1) is 0 Å². The molecule has 0 radical (unpaired) electrons. The predicted molar refractivity (Wildman–Crippen MR) is 57.0 cm³/mol. The molecule has 1 heterocycles. The molecule has 3 nitrogen and oxygen atoms in total. The smallest absolute Gasteiger partial charge is 0.0981 e. The van der Waals surface area contributed by atoms with Crippen LogP contribution in [0.5, 0.6) is 0 Å². The van der Waals surface area contributed by atoms with E-state index >= 15 is 0 Å². The van der Waals surface area contributed by atoms with Gasteiger partial charge in [-0.05, 0) is 18.4 Å². The van der Waals surface area contributed by atoms with Crippen LogP contribution in [-0.2, 0) is 13.5 Å². The maximum Gasteiger partial charge on any atom is 0.0981 e. The van der Waals surface area contributed by atoms with E-state index in [9.17, 15) is 5.11 Å². The molecule has 0 bridgehead atoms. The van der Waals surface area contributed by atoms with E-state index in [0.29, 0.717) is 0 Å². The largest absolute Gasteiger partial charge is 0.387 e.